The van der Waals surface area contributed by atoms with Gasteiger partial charge in [-0.3, -0.25) is 4.79 Å². The number of likely N-dealkylation sites (N-methyl/N-ethyl adjacent to an activating group) is 1. The van der Waals surface area contributed by atoms with Crippen LogP contribution >= 0.6 is 12.4 Å². The molecule has 0 aromatic heterocycles. The van der Waals surface area contributed by atoms with Crippen molar-refractivity contribution in [1.82, 2.24) is 4.31 Å². The van der Waals surface area contributed by atoms with E-state index < -0.39 is 15.4 Å². The molecule has 0 unspecified atom stereocenters. The van der Waals surface area contributed by atoms with Crippen LogP contribution in [0.5, 0.6) is 0 Å². The lowest BCUT2D eigenvalue weighted by Gasteiger charge is -2.37. The maximum atomic E-state index is 13.6. The molecule has 2 aliphatic rings. The van der Waals surface area contributed by atoms with Gasteiger partial charge in [0.15, 0.2) is 0 Å². The summed E-state index contributed by atoms with van der Waals surface area (Å²) in [4.78, 5) is 14.2. The number of carbonyl (C=O) groups excluding carboxylic acids is 1. The fourth-order valence-electron chi connectivity index (χ4n) is 3.41. The average Bonchev–Trinajstić information content (AvgIpc) is 2.61. The van der Waals surface area contributed by atoms with Gasteiger partial charge in [-0.25, -0.2) is 17.1 Å². The van der Waals surface area contributed by atoms with Crippen molar-refractivity contribution in [3.8, 4) is 0 Å². The van der Waals surface area contributed by atoms with Crippen LogP contribution in [-0.2, 0) is 20.2 Å². The topological polar surface area (TPSA) is 57.7 Å². The first-order chi connectivity index (χ1) is 9.75. The number of amides is 1. The molecule has 122 valence electrons. The van der Waals surface area contributed by atoms with Crippen LogP contribution in [0.25, 0.3) is 0 Å². The predicted molar refractivity (Wildman–Crippen MR) is 84.4 cm³/mol. The minimum Gasteiger partial charge on any atom is -0.314 e. The molecule has 2 aliphatic heterocycles. The van der Waals surface area contributed by atoms with E-state index in [1.807, 2.05) is 0 Å². The highest BCUT2D eigenvalue weighted by Gasteiger charge is 2.51. The third kappa shape index (κ3) is 2.41. The molecule has 0 saturated carbocycles. The van der Waals surface area contributed by atoms with E-state index in [-0.39, 0.29) is 37.2 Å². The Hall–Kier alpha value is -1.18. The summed E-state index contributed by atoms with van der Waals surface area (Å²) in [6, 6.07) is 4.36. The standard InChI is InChI=1S/C14H17FN2O3S.ClH/c1-16-12-4-3-10(15)9-11(12)14(13(16)18)5-7-17(8-6-14)21(2,19)20;/h3-4,9H,5-8H2,1-2H3;1H. The number of anilines is 1. The molecule has 1 amide bonds. The molecule has 0 aliphatic carbocycles. The van der Waals surface area contributed by atoms with E-state index in [1.165, 1.54) is 22.7 Å². The summed E-state index contributed by atoms with van der Waals surface area (Å²) in [6.45, 7) is 0.572. The van der Waals surface area contributed by atoms with Crippen molar-refractivity contribution in [1.29, 1.82) is 0 Å². The van der Waals surface area contributed by atoms with Gasteiger partial charge in [0.05, 0.1) is 11.7 Å². The van der Waals surface area contributed by atoms with Gasteiger partial charge in [-0.1, -0.05) is 0 Å². The molecule has 0 bridgehead atoms. The Labute approximate surface area is 135 Å². The fourth-order valence-corrected chi connectivity index (χ4v) is 4.26. The van der Waals surface area contributed by atoms with Gasteiger partial charge in [0.25, 0.3) is 0 Å². The number of fused-ring (bicyclic) bond motifs is 2. The van der Waals surface area contributed by atoms with Gasteiger partial charge in [0.1, 0.15) is 5.82 Å². The number of piperidine rings is 1. The van der Waals surface area contributed by atoms with Gasteiger partial charge in [0.2, 0.25) is 15.9 Å². The minimum absolute atomic E-state index is 0. The second-order valence-corrected chi connectivity index (χ2v) is 7.75. The first-order valence-corrected chi connectivity index (χ1v) is 8.64. The number of halogens is 2. The first kappa shape index (κ1) is 17.2. The van der Waals surface area contributed by atoms with Gasteiger partial charge in [0, 0.05) is 25.8 Å². The number of hydrogen-bond acceptors (Lipinski definition) is 3. The maximum Gasteiger partial charge on any atom is 0.237 e. The van der Waals surface area contributed by atoms with Crippen molar-refractivity contribution in [2.45, 2.75) is 18.3 Å². The van der Waals surface area contributed by atoms with Crippen LogP contribution in [0.1, 0.15) is 18.4 Å². The molecule has 1 saturated heterocycles. The van der Waals surface area contributed by atoms with Crippen molar-refractivity contribution in [3.63, 3.8) is 0 Å². The van der Waals surface area contributed by atoms with Gasteiger partial charge in [-0.15, -0.1) is 12.4 Å². The smallest absolute Gasteiger partial charge is 0.237 e. The van der Waals surface area contributed by atoms with Crippen LogP contribution in [0.4, 0.5) is 10.1 Å². The third-order valence-electron chi connectivity index (χ3n) is 4.59. The van der Waals surface area contributed by atoms with E-state index in [0.717, 1.165) is 0 Å². The molecule has 0 N–H and O–H groups in total. The van der Waals surface area contributed by atoms with E-state index in [0.29, 0.717) is 24.1 Å². The number of benzene rings is 1. The Bertz CT molecular complexity index is 715. The Morgan fingerprint density at radius 3 is 2.36 bits per heavy atom. The maximum absolute atomic E-state index is 13.6. The highest BCUT2D eigenvalue weighted by atomic mass is 35.5. The van der Waals surface area contributed by atoms with E-state index in [1.54, 1.807) is 18.0 Å². The van der Waals surface area contributed by atoms with Gasteiger partial charge in [-0.2, -0.15) is 0 Å². The van der Waals surface area contributed by atoms with Crippen LogP contribution in [0.3, 0.4) is 0 Å². The summed E-state index contributed by atoms with van der Waals surface area (Å²) < 4.78 is 38.2. The Kier molecular flexibility index (Phi) is 4.27. The largest absolute Gasteiger partial charge is 0.314 e. The summed E-state index contributed by atoms with van der Waals surface area (Å²) in [5, 5.41) is 0. The van der Waals surface area contributed by atoms with Crippen molar-refractivity contribution >= 4 is 34.0 Å². The van der Waals surface area contributed by atoms with Crippen LogP contribution in [0.2, 0.25) is 0 Å². The SMILES string of the molecule is CN1C(=O)C2(CCN(S(C)(=O)=O)CC2)c2cc(F)ccc21.Cl. The monoisotopic (exact) mass is 348 g/mol. The van der Waals surface area contributed by atoms with Crippen LogP contribution in [-0.4, -0.2) is 45.0 Å². The second-order valence-electron chi connectivity index (χ2n) is 5.77. The van der Waals surface area contributed by atoms with Crippen molar-refractivity contribution in [3.05, 3.63) is 29.6 Å². The Balaban J connectivity index is 0.00000176. The summed E-state index contributed by atoms with van der Waals surface area (Å²) in [7, 11) is -1.58. The number of nitrogens with zero attached hydrogens (tertiary/aromatic N) is 2. The van der Waals surface area contributed by atoms with Crippen molar-refractivity contribution < 1.29 is 17.6 Å². The minimum atomic E-state index is -3.25. The molecule has 3 rings (SSSR count). The van der Waals surface area contributed by atoms with Crippen molar-refractivity contribution in [2.24, 2.45) is 0 Å². The molecular formula is C14H18ClFN2O3S. The zero-order valence-electron chi connectivity index (χ0n) is 12.4. The highest BCUT2D eigenvalue weighted by molar-refractivity contribution is 7.88. The molecule has 1 fully saturated rings. The highest BCUT2D eigenvalue weighted by Crippen LogP contribution is 2.47. The van der Waals surface area contributed by atoms with Crippen LogP contribution in [0.15, 0.2) is 18.2 Å². The lowest BCUT2D eigenvalue weighted by Crippen LogP contribution is -2.49. The molecule has 5 nitrogen and oxygen atoms in total. The van der Waals surface area contributed by atoms with E-state index in [4.69, 9.17) is 0 Å². The van der Waals surface area contributed by atoms with Crippen LogP contribution < -0.4 is 4.90 Å². The second kappa shape index (κ2) is 5.47. The van der Waals surface area contributed by atoms with E-state index in [2.05, 4.69) is 0 Å². The lowest BCUT2D eigenvalue weighted by molar-refractivity contribution is -0.124. The molecule has 0 atom stereocenters. The summed E-state index contributed by atoms with van der Waals surface area (Å²) in [5.41, 5.74) is 0.616. The van der Waals surface area contributed by atoms with Crippen molar-refractivity contribution in [2.75, 3.05) is 31.3 Å². The molecule has 1 aromatic carbocycles. The number of hydrogen-bond donors (Lipinski definition) is 0. The summed E-state index contributed by atoms with van der Waals surface area (Å²) in [6.07, 6.45) is 1.95. The zero-order valence-corrected chi connectivity index (χ0v) is 14.0. The number of rotatable bonds is 1. The third-order valence-corrected chi connectivity index (χ3v) is 5.90. The molecular weight excluding hydrogens is 331 g/mol. The molecule has 1 spiro atoms. The lowest BCUT2D eigenvalue weighted by atomic mass is 9.74. The normalized spacial score (nSPS) is 20.9. The summed E-state index contributed by atoms with van der Waals surface area (Å²) >= 11 is 0. The predicted octanol–water partition coefficient (Wildman–Crippen LogP) is 1.52. The molecule has 1 aromatic rings. The average molecular weight is 349 g/mol. The summed E-state index contributed by atoms with van der Waals surface area (Å²) in [5.74, 6) is -0.446. The number of sulfonamides is 1. The zero-order chi connectivity index (χ0) is 15.4. The van der Waals surface area contributed by atoms with Gasteiger partial charge >= 0.3 is 0 Å². The molecule has 22 heavy (non-hydrogen) atoms. The Morgan fingerprint density at radius 1 is 1.23 bits per heavy atom. The molecule has 8 heteroatoms. The van der Waals surface area contributed by atoms with Gasteiger partial charge in [-0.05, 0) is 36.6 Å². The Morgan fingerprint density at radius 2 is 1.82 bits per heavy atom. The quantitative estimate of drug-likeness (QED) is 0.773. The van der Waals surface area contributed by atoms with Crippen LogP contribution in [0, 0.1) is 5.82 Å². The fraction of sp³-hybridized carbons (Fsp3) is 0.500. The van der Waals surface area contributed by atoms with E-state index in [9.17, 15) is 17.6 Å². The first-order valence-electron chi connectivity index (χ1n) is 6.79. The number of carbonyl (C=O) groups is 1. The molecule has 2 heterocycles. The van der Waals surface area contributed by atoms with E-state index >= 15 is 0 Å². The van der Waals surface area contributed by atoms with Gasteiger partial charge < -0.3 is 4.90 Å². The molecule has 0 radical (unpaired) electrons.